The third-order valence-corrected chi connectivity index (χ3v) is 7.13. The van der Waals surface area contributed by atoms with Gasteiger partial charge in [0.15, 0.2) is 0 Å². The normalized spacial score (nSPS) is 22.8. The minimum absolute atomic E-state index is 0.222. The highest BCUT2D eigenvalue weighted by Crippen LogP contribution is 2.67. The van der Waals surface area contributed by atoms with Crippen LogP contribution in [0.25, 0.3) is 11.8 Å². The summed E-state index contributed by atoms with van der Waals surface area (Å²) in [5, 5.41) is 14.0. The summed E-state index contributed by atoms with van der Waals surface area (Å²) in [5.41, 5.74) is 5.01. The molecule has 0 amide bonds. The molecule has 2 aliphatic carbocycles. The van der Waals surface area contributed by atoms with Gasteiger partial charge >= 0.3 is 5.97 Å². The number of nitrogens with one attached hydrogen (secondary N) is 1. The van der Waals surface area contributed by atoms with Gasteiger partial charge in [-0.1, -0.05) is 32.0 Å². The summed E-state index contributed by atoms with van der Waals surface area (Å²) in [4.78, 5) is 11.5. The molecule has 2 fully saturated rings. The van der Waals surface area contributed by atoms with E-state index in [0.717, 1.165) is 48.2 Å². The molecule has 2 N–H and O–H groups in total. The molecule has 1 aliphatic heterocycles. The number of hydrogen-bond donors (Lipinski definition) is 2. The first-order chi connectivity index (χ1) is 17.0. The Morgan fingerprint density at radius 1 is 1.20 bits per heavy atom. The number of halogens is 1. The quantitative estimate of drug-likeness (QED) is 0.432. The van der Waals surface area contributed by atoms with Crippen LogP contribution in [0.5, 0.6) is 0 Å². The van der Waals surface area contributed by atoms with E-state index in [0.29, 0.717) is 12.0 Å². The summed E-state index contributed by atoms with van der Waals surface area (Å²) in [5.74, 6) is -1.15. The molecule has 1 saturated heterocycles. The lowest BCUT2D eigenvalue weighted by Gasteiger charge is -2.20. The molecule has 3 aromatic rings. The molecule has 1 spiro atoms. The fourth-order valence-electron chi connectivity index (χ4n) is 5.52. The first kappa shape index (κ1) is 24.9. The van der Waals surface area contributed by atoms with E-state index < -0.39 is 5.97 Å². The number of nitrogens with zero attached hydrogens (tertiary/aromatic N) is 2. The van der Waals surface area contributed by atoms with E-state index in [1.165, 1.54) is 17.7 Å². The number of carboxylic acid groups (broad SMARTS) is 1. The number of fused-ring (bicyclic) bond motifs is 1. The molecule has 1 aromatic heterocycles. The second-order valence-corrected chi connectivity index (χ2v) is 8.68. The molecule has 1 unspecified atom stereocenters. The Balaban J connectivity index is 0.000000689. The highest BCUT2D eigenvalue weighted by Gasteiger charge is 2.74. The number of aromatic nitrogens is 2. The van der Waals surface area contributed by atoms with Crippen molar-refractivity contribution < 1.29 is 19.0 Å². The zero-order valence-electron chi connectivity index (χ0n) is 19.8. The number of carboxylic acids is 1. The minimum Gasteiger partial charge on any atom is -0.478 e. The summed E-state index contributed by atoms with van der Waals surface area (Å²) in [6.07, 6.45) is 8.24. The SMILES string of the molecule is CC.N=S.O=C(O)c1ccccc1CC[C@]12CCC3=Cc4c(cnn4-c4ccc(F)cc4)CC31O2. The Morgan fingerprint density at radius 3 is 2.63 bits per heavy atom. The number of ether oxygens (including phenoxy) is 1. The van der Waals surface area contributed by atoms with Crippen molar-refractivity contribution in [3.8, 4) is 5.69 Å². The van der Waals surface area contributed by atoms with E-state index in [1.807, 2.05) is 36.9 Å². The first-order valence-corrected chi connectivity index (χ1v) is 12.2. The van der Waals surface area contributed by atoms with Crippen LogP contribution in [0.4, 0.5) is 4.39 Å². The number of epoxide rings is 1. The van der Waals surface area contributed by atoms with Crippen LogP contribution in [0.1, 0.15) is 60.3 Å². The van der Waals surface area contributed by atoms with Gasteiger partial charge in [-0.3, -0.25) is 0 Å². The Morgan fingerprint density at radius 2 is 1.91 bits per heavy atom. The van der Waals surface area contributed by atoms with Crippen LogP contribution in [-0.2, 0) is 30.0 Å². The molecule has 0 radical (unpaired) electrons. The molecule has 182 valence electrons. The first-order valence-electron chi connectivity index (χ1n) is 11.8. The van der Waals surface area contributed by atoms with Gasteiger partial charge in [0, 0.05) is 24.4 Å². The van der Waals surface area contributed by atoms with Crippen molar-refractivity contribution >= 4 is 24.5 Å². The highest BCUT2D eigenvalue weighted by atomic mass is 32.1. The zero-order chi connectivity index (χ0) is 25.2. The molecule has 2 atom stereocenters. The summed E-state index contributed by atoms with van der Waals surface area (Å²) < 4.78 is 26.9. The molecule has 8 heteroatoms. The van der Waals surface area contributed by atoms with Crippen LogP contribution in [-0.4, -0.2) is 32.1 Å². The summed E-state index contributed by atoms with van der Waals surface area (Å²) in [6.45, 7) is 4.00. The Kier molecular flexibility index (Phi) is 6.96. The second kappa shape index (κ2) is 9.79. The van der Waals surface area contributed by atoms with Gasteiger partial charge in [0.05, 0.1) is 23.1 Å². The second-order valence-electron chi connectivity index (χ2n) is 8.68. The van der Waals surface area contributed by atoms with Crippen LogP contribution < -0.4 is 0 Å². The van der Waals surface area contributed by atoms with Crippen molar-refractivity contribution in [2.45, 2.75) is 57.2 Å². The van der Waals surface area contributed by atoms with Crippen LogP contribution >= 0.6 is 0 Å². The predicted molar refractivity (Wildman–Crippen MR) is 134 cm³/mol. The molecule has 2 heterocycles. The molecular weight excluding hydrogens is 465 g/mol. The third-order valence-electron chi connectivity index (χ3n) is 7.13. The van der Waals surface area contributed by atoms with Gasteiger partial charge in [0.1, 0.15) is 17.0 Å². The molecular formula is C27H28FN3O3S. The number of aryl methyl sites for hydroxylation is 1. The van der Waals surface area contributed by atoms with Gasteiger partial charge in [-0.2, -0.15) is 5.10 Å². The maximum Gasteiger partial charge on any atom is 0.335 e. The standard InChI is InChI=1S/C25H21FN2O3.C2H6.HNS/c26-19-5-7-20(8-6-19)28-22-13-18-10-12-24(25(18,31-24)14-17(22)15-27-28)11-9-16-3-1-2-4-21(16)23(29)30;2*1-2/h1-8,13,15H,9-12,14H2,(H,29,30);1-2H3;1H/t24-,25?;;/m0../s1. The van der Waals surface area contributed by atoms with Gasteiger partial charge in [-0.15, -0.1) is 0 Å². The molecule has 3 aliphatic rings. The fourth-order valence-corrected chi connectivity index (χ4v) is 5.52. The lowest BCUT2D eigenvalue weighted by molar-refractivity contribution is 0.0695. The monoisotopic (exact) mass is 493 g/mol. The van der Waals surface area contributed by atoms with Crippen LogP contribution in [0.2, 0.25) is 0 Å². The van der Waals surface area contributed by atoms with Gasteiger partial charge in [0.25, 0.3) is 0 Å². The van der Waals surface area contributed by atoms with Gasteiger partial charge in [0.2, 0.25) is 0 Å². The topological polar surface area (TPSA) is 91.5 Å². The van der Waals surface area contributed by atoms with Crippen LogP contribution in [0, 0.1) is 10.6 Å². The van der Waals surface area contributed by atoms with E-state index in [9.17, 15) is 14.3 Å². The van der Waals surface area contributed by atoms with Crippen molar-refractivity contribution in [3.63, 3.8) is 0 Å². The van der Waals surface area contributed by atoms with Crippen molar-refractivity contribution in [3.05, 3.63) is 88.5 Å². The van der Waals surface area contributed by atoms with Crippen molar-refractivity contribution in [1.82, 2.24) is 9.78 Å². The fraction of sp³-hybridized carbons (Fsp3) is 0.333. The maximum atomic E-state index is 13.3. The lowest BCUT2D eigenvalue weighted by Crippen LogP contribution is -2.27. The molecule has 0 bridgehead atoms. The van der Waals surface area contributed by atoms with Crippen LogP contribution in [0.15, 0.2) is 60.3 Å². The summed E-state index contributed by atoms with van der Waals surface area (Å²) in [6, 6.07) is 13.6. The Bertz CT molecular complexity index is 1270. The van der Waals surface area contributed by atoms with Gasteiger partial charge < -0.3 is 9.84 Å². The average molecular weight is 494 g/mol. The third kappa shape index (κ3) is 4.10. The number of hydrogen-bond acceptors (Lipinski definition) is 5. The van der Waals surface area contributed by atoms with Crippen molar-refractivity contribution in [1.29, 1.82) is 4.78 Å². The zero-order valence-corrected chi connectivity index (χ0v) is 20.6. The highest BCUT2D eigenvalue weighted by molar-refractivity contribution is 7.45. The largest absolute Gasteiger partial charge is 0.478 e. The Labute approximate surface area is 209 Å². The molecule has 6 nitrogen and oxygen atoms in total. The number of aromatic carboxylic acids is 1. The molecule has 6 rings (SSSR count). The van der Waals surface area contributed by atoms with E-state index in [-0.39, 0.29) is 17.0 Å². The average Bonchev–Trinajstić information content (AvgIpc) is 3.16. The molecule has 1 saturated carbocycles. The van der Waals surface area contributed by atoms with E-state index >= 15 is 0 Å². The molecule has 2 aromatic carbocycles. The Hall–Kier alpha value is -3.23. The van der Waals surface area contributed by atoms with Crippen molar-refractivity contribution in [2.75, 3.05) is 0 Å². The number of benzene rings is 2. The minimum atomic E-state index is -0.887. The van der Waals surface area contributed by atoms with Crippen molar-refractivity contribution in [2.24, 2.45) is 0 Å². The number of carbonyl (C=O) groups is 1. The van der Waals surface area contributed by atoms with E-state index in [4.69, 9.17) is 9.52 Å². The van der Waals surface area contributed by atoms with Crippen LogP contribution in [0.3, 0.4) is 0 Å². The summed E-state index contributed by atoms with van der Waals surface area (Å²) in [7, 11) is 0. The molecule has 35 heavy (non-hydrogen) atoms. The van der Waals surface area contributed by atoms with Gasteiger partial charge in [-0.05, 0) is 73.2 Å². The van der Waals surface area contributed by atoms with E-state index in [2.05, 4.69) is 23.6 Å². The lowest BCUT2D eigenvalue weighted by atomic mass is 9.81. The van der Waals surface area contributed by atoms with Gasteiger partial charge in [-0.25, -0.2) is 18.6 Å². The van der Waals surface area contributed by atoms with E-state index in [1.54, 1.807) is 24.3 Å². The predicted octanol–water partition coefficient (Wildman–Crippen LogP) is 5.91. The summed E-state index contributed by atoms with van der Waals surface area (Å²) >= 11 is 3.33. The maximum absolute atomic E-state index is 13.3. The smallest absolute Gasteiger partial charge is 0.335 e. The number of rotatable bonds is 5.